The van der Waals surface area contributed by atoms with Crippen LogP contribution in [0.5, 0.6) is 0 Å². The molecule has 0 atom stereocenters. The molecular formula is C30H47N3O. The third-order valence-electron chi connectivity index (χ3n) is 6.25. The summed E-state index contributed by atoms with van der Waals surface area (Å²) < 4.78 is 0. The Morgan fingerprint density at radius 1 is 0.588 bits per heavy atom. The van der Waals surface area contributed by atoms with E-state index < -0.39 is 0 Å². The molecule has 34 heavy (non-hydrogen) atoms. The summed E-state index contributed by atoms with van der Waals surface area (Å²) in [7, 11) is 0. The van der Waals surface area contributed by atoms with Crippen LogP contribution in [0, 0.1) is 0 Å². The van der Waals surface area contributed by atoms with Gasteiger partial charge >= 0.3 is 6.03 Å². The third kappa shape index (κ3) is 12.7. The molecule has 4 heteroatoms. The summed E-state index contributed by atoms with van der Waals surface area (Å²) in [5.41, 5.74) is 4.57. The summed E-state index contributed by atoms with van der Waals surface area (Å²) in [5, 5.41) is 9.42. The molecule has 0 aliphatic rings. The molecule has 4 nitrogen and oxygen atoms in total. The average Bonchev–Trinajstić information content (AvgIpc) is 2.85. The van der Waals surface area contributed by atoms with E-state index in [1.165, 1.54) is 87.4 Å². The summed E-state index contributed by atoms with van der Waals surface area (Å²) in [4.78, 5) is 12.1. The van der Waals surface area contributed by atoms with Crippen molar-refractivity contribution in [1.29, 1.82) is 0 Å². The van der Waals surface area contributed by atoms with E-state index in [0.29, 0.717) is 0 Å². The highest BCUT2D eigenvalue weighted by molar-refractivity contribution is 5.89. The van der Waals surface area contributed by atoms with Crippen molar-refractivity contribution in [3.05, 3.63) is 59.7 Å². The van der Waals surface area contributed by atoms with Crippen molar-refractivity contribution < 1.29 is 4.79 Å². The van der Waals surface area contributed by atoms with Gasteiger partial charge in [-0.3, -0.25) is 0 Å². The lowest BCUT2D eigenvalue weighted by atomic mass is 10.0. The highest BCUT2D eigenvalue weighted by Crippen LogP contribution is 2.16. The van der Waals surface area contributed by atoms with Gasteiger partial charge in [0, 0.05) is 24.5 Å². The molecule has 2 amide bonds. The number of benzene rings is 2. The van der Waals surface area contributed by atoms with E-state index >= 15 is 0 Å². The number of hydrogen-bond donors (Lipinski definition) is 3. The number of nitrogens with one attached hydrogen (secondary N) is 3. The van der Waals surface area contributed by atoms with E-state index in [1.807, 2.05) is 12.1 Å². The second-order valence-corrected chi connectivity index (χ2v) is 9.41. The Bertz CT molecular complexity index is 771. The Kier molecular flexibility index (Phi) is 14.6. The zero-order valence-electron chi connectivity index (χ0n) is 21.6. The molecule has 0 fully saturated rings. The summed E-state index contributed by atoms with van der Waals surface area (Å²) >= 11 is 0. The van der Waals surface area contributed by atoms with Crippen LogP contribution in [0.3, 0.4) is 0 Å². The third-order valence-corrected chi connectivity index (χ3v) is 6.25. The lowest BCUT2D eigenvalue weighted by molar-refractivity contribution is 0.252. The fourth-order valence-corrected chi connectivity index (χ4v) is 4.10. The predicted molar refractivity (Wildman–Crippen MR) is 148 cm³/mol. The van der Waals surface area contributed by atoms with Gasteiger partial charge in [-0.1, -0.05) is 102 Å². The minimum atomic E-state index is -0.120. The van der Waals surface area contributed by atoms with Crippen LogP contribution in [0.15, 0.2) is 48.5 Å². The maximum Gasteiger partial charge on any atom is 0.319 e. The first-order chi connectivity index (χ1) is 16.7. The normalized spacial score (nSPS) is 10.8. The highest BCUT2D eigenvalue weighted by atomic mass is 16.2. The second-order valence-electron chi connectivity index (χ2n) is 9.41. The Labute approximate surface area is 208 Å². The minimum absolute atomic E-state index is 0.120. The van der Waals surface area contributed by atoms with Gasteiger partial charge in [0.05, 0.1) is 0 Å². The molecule has 3 N–H and O–H groups in total. The molecule has 0 unspecified atom stereocenters. The highest BCUT2D eigenvalue weighted by Gasteiger charge is 2.03. The quantitative estimate of drug-likeness (QED) is 0.193. The summed E-state index contributed by atoms with van der Waals surface area (Å²) in [5.74, 6) is 0. The molecule has 0 radical (unpaired) electrons. The first kappa shape index (κ1) is 27.8. The molecule has 0 saturated carbocycles. The van der Waals surface area contributed by atoms with Gasteiger partial charge in [0.1, 0.15) is 0 Å². The van der Waals surface area contributed by atoms with E-state index in [-0.39, 0.29) is 6.03 Å². The molecule has 2 aromatic rings. The molecule has 0 aromatic heterocycles. The number of carbonyl (C=O) groups excluding carboxylic acids is 1. The van der Waals surface area contributed by atoms with Gasteiger partial charge in [-0.05, 0) is 54.7 Å². The van der Waals surface area contributed by atoms with Gasteiger partial charge in [0.2, 0.25) is 0 Å². The summed E-state index contributed by atoms with van der Waals surface area (Å²) in [6.07, 6.45) is 16.2. The van der Waals surface area contributed by atoms with Crippen LogP contribution < -0.4 is 16.0 Å². The van der Waals surface area contributed by atoms with Gasteiger partial charge in [0.25, 0.3) is 0 Å². The minimum Gasteiger partial charge on any atom is -0.385 e. The van der Waals surface area contributed by atoms with Crippen LogP contribution in [-0.4, -0.2) is 19.1 Å². The number of unbranched alkanes of at least 4 members (excludes halogenated alkanes) is 10. The van der Waals surface area contributed by atoms with Crippen molar-refractivity contribution in [2.24, 2.45) is 0 Å². The maximum atomic E-state index is 12.1. The first-order valence-corrected chi connectivity index (χ1v) is 13.7. The lowest BCUT2D eigenvalue weighted by Crippen LogP contribution is -2.29. The molecule has 0 spiro atoms. The van der Waals surface area contributed by atoms with Crippen LogP contribution in [0.2, 0.25) is 0 Å². The van der Waals surface area contributed by atoms with E-state index in [1.54, 1.807) is 0 Å². The maximum absolute atomic E-state index is 12.1. The topological polar surface area (TPSA) is 53.2 Å². The lowest BCUT2D eigenvalue weighted by Gasteiger charge is -2.10. The van der Waals surface area contributed by atoms with E-state index in [0.717, 1.165) is 31.6 Å². The zero-order valence-corrected chi connectivity index (χ0v) is 21.6. The van der Waals surface area contributed by atoms with Crippen LogP contribution in [0.1, 0.15) is 102 Å². The van der Waals surface area contributed by atoms with Crippen molar-refractivity contribution in [3.63, 3.8) is 0 Å². The molecule has 188 valence electrons. The first-order valence-electron chi connectivity index (χ1n) is 13.7. The predicted octanol–water partition coefficient (Wildman–Crippen LogP) is 8.53. The molecule has 0 heterocycles. The number of rotatable bonds is 18. The standard InChI is InChI=1S/C30H47N3O/c1-3-5-7-9-11-13-23-31-28-19-15-26(16-20-28)25-27-17-21-29(22-18-27)33-30(34)32-24-14-12-10-8-6-4-2/h15-22,31H,3-14,23-25H2,1-2H3,(H2,32,33,34). The van der Waals surface area contributed by atoms with Crippen LogP contribution in [0.4, 0.5) is 16.2 Å². The molecule has 0 aliphatic heterocycles. The van der Waals surface area contributed by atoms with Crippen molar-refractivity contribution >= 4 is 17.4 Å². The Hall–Kier alpha value is -2.49. The summed E-state index contributed by atoms with van der Waals surface area (Å²) in [6.45, 7) is 6.27. The molecule has 2 rings (SSSR count). The van der Waals surface area contributed by atoms with Crippen molar-refractivity contribution in [2.45, 2.75) is 97.3 Å². The SMILES string of the molecule is CCCCCCCCNC(=O)Nc1ccc(Cc2ccc(NCCCCCCCC)cc2)cc1. The smallest absolute Gasteiger partial charge is 0.319 e. The molecule has 2 aromatic carbocycles. The Balaban J connectivity index is 1.62. The van der Waals surface area contributed by atoms with E-state index in [2.05, 4.69) is 66.2 Å². The van der Waals surface area contributed by atoms with Gasteiger partial charge in [-0.15, -0.1) is 0 Å². The van der Waals surface area contributed by atoms with Crippen LogP contribution >= 0.6 is 0 Å². The summed E-state index contributed by atoms with van der Waals surface area (Å²) in [6, 6.07) is 16.8. The van der Waals surface area contributed by atoms with Crippen LogP contribution in [0.25, 0.3) is 0 Å². The number of carbonyl (C=O) groups is 1. The monoisotopic (exact) mass is 465 g/mol. The molecule has 0 bridgehead atoms. The molecule has 0 aliphatic carbocycles. The fourth-order valence-electron chi connectivity index (χ4n) is 4.10. The number of amides is 2. The van der Waals surface area contributed by atoms with E-state index in [9.17, 15) is 4.79 Å². The van der Waals surface area contributed by atoms with E-state index in [4.69, 9.17) is 0 Å². The van der Waals surface area contributed by atoms with Gasteiger partial charge in [-0.2, -0.15) is 0 Å². The van der Waals surface area contributed by atoms with Gasteiger partial charge in [-0.25, -0.2) is 4.79 Å². The largest absolute Gasteiger partial charge is 0.385 e. The number of anilines is 2. The van der Waals surface area contributed by atoms with Gasteiger partial charge in [0.15, 0.2) is 0 Å². The van der Waals surface area contributed by atoms with Gasteiger partial charge < -0.3 is 16.0 Å². The average molecular weight is 466 g/mol. The molecule has 0 saturated heterocycles. The van der Waals surface area contributed by atoms with Crippen molar-refractivity contribution in [1.82, 2.24) is 5.32 Å². The number of hydrogen-bond acceptors (Lipinski definition) is 2. The van der Waals surface area contributed by atoms with Crippen LogP contribution in [-0.2, 0) is 6.42 Å². The second kappa shape index (κ2) is 17.9. The fraction of sp³-hybridized carbons (Fsp3) is 0.567. The van der Waals surface area contributed by atoms with Crippen molar-refractivity contribution in [2.75, 3.05) is 23.7 Å². The Morgan fingerprint density at radius 3 is 1.62 bits per heavy atom. The van der Waals surface area contributed by atoms with Crippen molar-refractivity contribution in [3.8, 4) is 0 Å². The zero-order chi connectivity index (χ0) is 24.3. The molecular weight excluding hydrogens is 418 g/mol. The number of urea groups is 1. The Morgan fingerprint density at radius 2 is 1.06 bits per heavy atom.